The van der Waals surface area contributed by atoms with E-state index in [-0.39, 0.29) is 23.6 Å². The van der Waals surface area contributed by atoms with Gasteiger partial charge in [-0.25, -0.2) is 0 Å². The van der Waals surface area contributed by atoms with Crippen LogP contribution in [0.2, 0.25) is 10.0 Å². The Hall–Kier alpha value is -0.770. The van der Waals surface area contributed by atoms with E-state index in [1.54, 1.807) is 23.1 Å². The lowest BCUT2D eigenvalue weighted by Gasteiger charge is -2.37. The standard InChI is InChI=1S/C13H15Cl2NO2/c14-11-6-2-5-10(12(11)15)13(18)16(7-8-17)9-3-1-4-9/h2,5-6,9,17H,1,3-4,7-8H2. The van der Waals surface area contributed by atoms with Gasteiger partial charge in [0, 0.05) is 12.6 Å². The monoisotopic (exact) mass is 287 g/mol. The molecular formula is C13H15Cl2NO2. The lowest BCUT2D eigenvalue weighted by molar-refractivity contribution is 0.0526. The molecule has 0 aliphatic heterocycles. The summed E-state index contributed by atoms with van der Waals surface area (Å²) in [7, 11) is 0. The van der Waals surface area contributed by atoms with Crippen molar-refractivity contribution in [3.8, 4) is 0 Å². The molecule has 1 N–H and O–H groups in total. The van der Waals surface area contributed by atoms with Gasteiger partial charge in [0.2, 0.25) is 0 Å². The van der Waals surface area contributed by atoms with Gasteiger partial charge in [-0.05, 0) is 31.4 Å². The van der Waals surface area contributed by atoms with Crippen LogP contribution in [0.5, 0.6) is 0 Å². The Morgan fingerprint density at radius 1 is 1.39 bits per heavy atom. The first-order valence-electron chi connectivity index (χ1n) is 6.01. The highest BCUT2D eigenvalue weighted by Crippen LogP contribution is 2.30. The molecule has 0 unspecified atom stereocenters. The fourth-order valence-corrected chi connectivity index (χ4v) is 2.46. The van der Waals surface area contributed by atoms with Crippen LogP contribution in [0.25, 0.3) is 0 Å². The van der Waals surface area contributed by atoms with Crippen molar-refractivity contribution in [3.63, 3.8) is 0 Å². The summed E-state index contributed by atoms with van der Waals surface area (Å²) in [6.07, 6.45) is 3.11. The first-order chi connectivity index (χ1) is 8.65. The Bertz CT molecular complexity index is 447. The zero-order valence-electron chi connectivity index (χ0n) is 9.90. The van der Waals surface area contributed by atoms with Crippen molar-refractivity contribution < 1.29 is 9.90 Å². The van der Waals surface area contributed by atoms with E-state index in [1.807, 2.05) is 0 Å². The van der Waals surface area contributed by atoms with Crippen LogP contribution in [0.1, 0.15) is 29.6 Å². The van der Waals surface area contributed by atoms with Crippen molar-refractivity contribution in [2.75, 3.05) is 13.2 Å². The average molecular weight is 288 g/mol. The first kappa shape index (κ1) is 13.7. The Kier molecular flexibility index (Phi) is 4.49. The number of aliphatic hydroxyl groups excluding tert-OH is 1. The summed E-state index contributed by atoms with van der Waals surface area (Å²) in [4.78, 5) is 14.1. The molecule has 0 spiro atoms. The highest BCUT2D eigenvalue weighted by molar-refractivity contribution is 6.43. The maximum Gasteiger partial charge on any atom is 0.255 e. The van der Waals surface area contributed by atoms with Gasteiger partial charge in [0.15, 0.2) is 0 Å². The summed E-state index contributed by atoms with van der Waals surface area (Å²) in [5.41, 5.74) is 0.407. The molecule has 1 fully saturated rings. The van der Waals surface area contributed by atoms with E-state index in [4.69, 9.17) is 28.3 Å². The Morgan fingerprint density at radius 3 is 2.67 bits per heavy atom. The summed E-state index contributed by atoms with van der Waals surface area (Å²) in [6, 6.07) is 5.25. The molecule has 0 radical (unpaired) electrons. The summed E-state index contributed by atoms with van der Waals surface area (Å²) in [6.45, 7) is 0.298. The molecule has 98 valence electrons. The van der Waals surface area contributed by atoms with E-state index in [1.165, 1.54) is 0 Å². The van der Waals surface area contributed by atoms with Gasteiger partial charge in [0.05, 0.1) is 22.2 Å². The summed E-state index contributed by atoms with van der Waals surface area (Å²) in [5, 5.41) is 9.73. The number of nitrogens with zero attached hydrogens (tertiary/aromatic N) is 1. The number of benzene rings is 1. The summed E-state index contributed by atoms with van der Waals surface area (Å²) < 4.78 is 0. The highest BCUT2D eigenvalue weighted by Gasteiger charge is 2.30. The van der Waals surface area contributed by atoms with Gasteiger partial charge >= 0.3 is 0 Å². The Labute approximate surface area is 116 Å². The van der Waals surface area contributed by atoms with Crippen LogP contribution in [0, 0.1) is 0 Å². The van der Waals surface area contributed by atoms with Crippen LogP contribution >= 0.6 is 23.2 Å². The second-order valence-electron chi connectivity index (χ2n) is 4.41. The van der Waals surface area contributed by atoms with E-state index in [2.05, 4.69) is 0 Å². The SMILES string of the molecule is O=C(c1cccc(Cl)c1Cl)N(CCO)C1CCC1. The number of amides is 1. The van der Waals surface area contributed by atoms with Crippen molar-refractivity contribution in [3.05, 3.63) is 33.8 Å². The van der Waals surface area contributed by atoms with Crippen LogP contribution in [-0.4, -0.2) is 35.1 Å². The number of carbonyl (C=O) groups is 1. The van der Waals surface area contributed by atoms with E-state index in [0.29, 0.717) is 17.1 Å². The van der Waals surface area contributed by atoms with Crippen LogP contribution in [0.15, 0.2) is 18.2 Å². The molecule has 2 rings (SSSR count). The molecule has 0 atom stereocenters. The van der Waals surface area contributed by atoms with Gasteiger partial charge in [-0.1, -0.05) is 29.3 Å². The third-order valence-corrected chi connectivity index (χ3v) is 4.12. The third kappa shape index (κ3) is 2.63. The first-order valence-corrected chi connectivity index (χ1v) is 6.76. The predicted octanol–water partition coefficient (Wildman–Crippen LogP) is 2.98. The lowest BCUT2D eigenvalue weighted by atomic mass is 9.91. The number of hydrogen-bond donors (Lipinski definition) is 1. The molecule has 1 aromatic carbocycles. The minimum absolute atomic E-state index is 0.0412. The summed E-state index contributed by atoms with van der Waals surface area (Å²) in [5.74, 6) is -0.152. The fourth-order valence-electron chi connectivity index (χ4n) is 2.08. The Balaban J connectivity index is 2.24. The topological polar surface area (TPSA) is 40.5 Å². The molecule has 1 saturated carbocycles. The maximum absolute atomic E-state index is 12.4. The second kappa shape index (κ2) is 5.91. The fraction of sp³-hybridized carbons (Fsp3) is 0.462. The highest BCUT2D eigenvalue weighted by atomic mass is 35.5. The molecule has 3 nitrogen and oxygen atoms in total. The van der Waals surface area contributed by atoms with Crippen LogP contribution in [0.4, 0.5) is 0 Å². The van der Waals surface area contributed by atoms with Gasteiger partial charge in [-0.3, -0.25) is 4.79 Å². The predicted molar refractivity (Wildman–Crippen MR) is 72.2 cm³/mol. The van der Waals surface area contributed by atoms with Crippen molar-refractivity contribution in [2.45, 2.75) is 25.3 Å². The number of rotatable bonds is 4. The molecule has 1 aliphatic carbocycles. The normalized spacial score (nSPS) is 15.3. The molecule has 0 heterocycles. The molecule has 1 aliphatic rings. The quantitative estimate of drug-likeness (QED) is 0.925. The third-order valence-electron chi connectivity index (χ3n) is 3.30. The number of hydrogen-bond acceptors (Lipinski definition) is 2. The van der Waals surface area contributed by atoms with Crippen molar-refractivity contribution in [1.82, 2.24) is 4.90 Å². The molecule has 0 saturated heterocycles. The largest absolute Gasteiger partial charge is 0.395 e. The molecule has 1 aromatic rings. The molecule has 1 amide bonds. The lowest BCUT2D eigenvalue weighted by Crippen LogP contribution is -2.45. The van der Waals surface area contributed by atoms with Crippen LogP contribution in [0.3, 0.4) is 0 Å². The van der Waals surface area contributed by atoms with E-state index < -0.39 is 0 Å². The number of aliphatic hydroxyl groups is 1. The smallest absolute Gasteiger partial charge is 0.255 e. The van der Waals surface area contributed by atoms with E-state index in [9.17, 15) is 4.79 Å². The Morgan fingerprint density at radius 2 is 2.11 bits per heavy atom. The molecule has 0 aromatic heterocycles. The average Bonchev–Trinajstić information content (AvgIpc) is 2.29. The van der Waals surface area contributed by atoms with Crippen LogP contribution < -0.4 is 0 Å². The van der Waals surface area contributed by atoms with Gasteiger partial charge < -0.3 is 10.0 Å². The van der Waals surface area contributed by atoms with Gasteiger partial charge in [0.25, 0.3) is 5.91 Å². The molecule has 18 heavy (non-hydrogen) atoms. The zero-order valence-corrected chi connectivity index (χ0v) is 11.4. The minimum atomic E-state index is -0.152. The van der Waals surface area contributed by atoms with Crippen molar-refractivity contribution in [1.29, 1.82) is 0 Å². The summed E-state index contributed by atoms with van der Waals surface area (Å²) >= 11 is 12.0. The minimum Gasteiger partial charge on any atom is -0.395 e. The van der Waals surface area contributed by atoms with Crippen molar-refractivity contribution in [2.24, 2.45) is 0 Å². The maximum atomic E-state index is 12.4. The van der Waals surface area contributed by atoms with Gasteiger partial charge in [0.1, 0.15) is 0 Å². The number of halogens is 2. The van der Waals surface area contributed by atoms with E-state index >= 15 is 0 Å². The number of carbonyl (C=O) groups excluding carboxylic acids is 1. The van der Waals surface area contributed by atoms with Crippen molar-refractivity contribution >= 4 is 29.1 Å². The molecule has 0 bridgehead atoms. The molecular weight excluding hydrogens is 273 g/mol. The molecule has 5 heteroatoms. The van der Waals surface area contributed by atoms with E-state index in [0.717, 1.165) is 19.3 Å². The van der Waals surface area contributed by atoms with Gasteiger partial charge in [-0.15, -0.1) is 0 Å². The second-order valence-corrected chi connectivity index (χ2v) is 5.19. The zero-order chi connectivity index (χ0) is 13.1. The van der Waals surface area contributed by atoms with Crippen LogP contribution in [-0.2, 0) is 0 Å². The van der Waals surface area contributed by atoms with Gasteiger partial charge in [-0.2, -0.15) is 0 Å².